The third kappa shape index (κ3) is 4.48. The number of benzene rings is 2. The van der Waals surface area contributed by atoms with Crippen molar-refractivity contribution in [2.24, 2.45) is 0 Å². The molecule has 4 nitrogen and oxygen atoms in total. The van der Waals surface area contributed by atoms with Crippen LogP contribution in [0.1, 0.15) is 25.8 Å². The molecule has 32 heavy (non-hydrogen) atoms. The first kappa shape index (κ1) is 23.7. The summed E-state index contributed by atoms with van der Waals surface area (Å²) >= 11 is 0. The van der Waals surface area contributed by atoms with Crippen LogP contribution in [0, 0.1) is 11.6 Å². The van der Waals surface area contributed by atoms with Gasteiger partial charge in [0.05, 0.1) is 19.2 Å². The van der Waals surface area contributed by atoms with Crippen molar-refractivity contribution in [1.82, 2.24) is 4.57 Å². The first-order chi connectivity index (χ1) is 14.8. The Morgan fingerprint density at radius 2 is 1.62 bits per heavy atom. The summed E-state index contributed by atoms with van der Waals surface area (Å²) in [6.07, 6.45) is -4.86. The molecule has 1 atom stereocenters. The van der Waals surface area contributed by atoms with Crippen molar-refractivity contribution in [3.63, 3.8) is 0 Å². The number of alkyl halides is 3. The Morgan fingerprint density at radius 1 is 1.00 bits per heavy atom. The van der Waals surface area contributed by atoms with E-state index in [0.717, 1.165) is 41.1 Å². The quantitative estimate of drug-likeness (QED) is 0.536. The molecule has 172 valence electrons. The van der Waals surface area contributed by atoms with Gasteiger partial charge in [0.25, 0.3) is 0 Å². The molecule has 0 saturated carbocycles. The van der Waals surface area contributed by atoms with Crippen molar-refractivity contribution in [3.8, 4) is 5.75 Å². The molecule has 3 aromatic rings. The maximum absolute atomic E-state index is 14.2. The number of aromatic nitrogens is 1. The van der Waals surface area contributed by atoms with Crippen molar-refractivity contribution in [2.45, 2.75) is 44.0 Å². The van der Waals surface area contributed by atoms with Gasteiger partial charge in [0.1, 0.15) is 17.4 Å². The molecule has 0 radical (unpaired) electrons. The van der Waals surface area contributed by atoms with Crippen LogP contribution in [-0.4, -0.2) is 28.6 Å². The normalized spacial score (nSPS) is 14.4. The number of pyridine rings is 1. The molecule has 0 bridgehead atoms. The highest BCUT2D eigenvalue weighted by molar-refractivity contribution is 5.78. The second-order valence-corrected chi connectivity index (χ2v) is 8.40. The van der Waals surface area contributed by atoms with Crippen molar-refractivity contribution in [3.05, 3.63) is 76.1 Å². The van der Waals surface area contributed by atoms with Crippen molar-refractivity contribution in [1.29, 1.82) is 0 Å². The number of ether oxygens (including phenoxy) is 1. The summed E-state index contributed by atoms with van der Waals surface area (Å²) in [6, 6.07) is 7.69. The third-order valence-electron chi connectivity index (χ3n) is 5.53. The number of aliphatic hydroxyl groups is 1. The summed E-state index contributed by atoms with van der Waals surface area (Å²) in [5.41, 5.74) is -5.09. The highest BCUT2D eigenvalue weighted by Gasteiger charge is 2.56. The Bertz CT molecular complexity index is 1200. The minimum absolute atomic E-state index is 0.0180. The standard InChI is InChI=1S/C23H22F5NO3/c1-21(2,17-10-14(24)5-7-20(17)32-3)12-22(31,23(26,27)28)13-29-9-8-19(30)16-6-4-15(25)11-18(16)29/h4-11,31H,12-13H2,1-3H3. The predicted molar refractivity (Wildman–Crippen MR) is 110 cm³/mol. The zero-order chi connectivity index (χ0) is 23.9. The van der Waals surface area contributed by atoms with E-state index >= 15 is 0 Å². The van der Waals surface area contributed by atoms with E-state index in [1.54, 1.807) is 0 Å². The molecular formula is C23H22F5NO3. The monoisotopic (exact) mass is 455 g/mol. The Labute approximate surface area is 180 Å². The highest BCUT2D eigenvalue weighted by atomic mass is 19.4. The van der Waals surface area contributed by atoms with Gasteiger partial charge >= 0.3 is 6.18 Å². The van der Waals surface area contributed by atoms with Crippen LogP contribution in [0.3, 0.4) is 0 Å². The first-order valence-electron chi connectivity index (χ1n) is 9.69. The number of fused-ring (bicyclic) bond motifs is 1. The Balaban J connectivity index is 2.10. The van der Waals surface area contributed by atoms with E-state index in [-0.39, 0.29) is 22.2 Å². The van der Waals surface area contributed by atoms with Gasteiger partial charge in [-0.3, -0.25) is 4.79 Å². The SMILES string of the molecule is COc1ccc(F)cc1C(C)(C)CC(O)(Cn1ccc(=O)c2ccc(F)cc21)C(F)(F)F. The van der Waals surface area contributed by atoms with Gasteiger partial charge in [-0.15, -0.1) is 0 Å². The molecule has 0 saturated heterocycles. The molecule has 3 rings (SSSR count). The lowest BCUT2D eigenvalue weighted by Crippen LogP contribution is -2.52. The van der Waals surface area contributed by atoms with E-state index in [4.69, 9.17) is 4.74 Å². The lowest BCUT2D eigenvalue weighted by molar-refractivity contribution is -0.271. The number of halogens is 5. The van der Waals surface area contributed by atoms with Crippen molar-refractivity contribution >= 4 is 10.9 Å². The molecule has 2 aromatic carbocycles. The predicted octanol–water partition coefficient (Wildman–Crippen LogP) is 4.95. The molecule has 1 aromatic heterocycles. The van der Waals surface area contributed by atoms with Crippen LogP contribution in [0.25, 0.3) is 10.9 Å². The molecule has 0 aliphatic carbocycles. The van der Waals surface area contributed by atoms with E-state index in [1.165, 1.54) is 33.1 Å². The summed E-state index contributed by atoms with van der Waals surface area (Å²) in [7, 11) is 1.31. The minimum Gasteiger partial charge on any atom is -0.496 e. The Morgan fingerprint density at radius 3 is 2.25 bits per heavy atom. The number of nitrogens with zero attached hydrogens (tertiary/aromatic N) is 1. The van der Waals surface area contributed by atoms with Gasteiger partial charge in [0.2, 0.25) is 0 Å². The van der Waals surface area contributed by atoms with Crippen LogP contribution in [0.15, 0.2) is 53.5 Å². The van der Waals surface area contributed by atoms with Crippen LogP contribution in [0.4, 0.5) is 22.0 Å². The number of hydrogen-bond acceptors (Lipinski definition) is 3. The van der Waals surface area contributed by atoms with E-state index in [0.29, 0.717) is 0 Å². The van der Waals surface area contributed by atoms with Gasteiger partial charge < -0.3 is 14.4 Å². The summed E-state index contributed by atoms with van der Waals surface area (Å²) in [6.45, 7) is 1.87. The topological polar surface area (TPSA) is 51.5 Å². The number of rotatable bonds is 6. The van der Waals surface area contributed by atoms with Gasteiger partial charge in [-0.1, -0.05) is 13.8 Å². The fourth-order valence-corrected chi connectivity index (χ4v) is 3.98. The highest BCUT2D eigenvalue weighted by Crippen LogP contribution is 2.44. The summed E-state index contributed by atoms with van der Waals surface area (Å²) in [5, 5.41) is 10.9. The molecule has 9 heteroatoms. The van der Waals surface area contributed by atoms with E-state index in [1.807, 2.05) is 0 Å². The maximum Gasteiger partial charge on any atom is 0.418 e. The molecule has 0 fully saturated rings. The average molecular weight is 455 g/mol. The molecule has 0 amide bonds. The Hall–Kier alpha value is -2.94. The van der Waals surface area contributed by atoms with Crippen molar-refractivity contribution < 1.29 is 31.8 Å². The van der Waals surface area contributed by atoms with Crippen LogP contribution >= 0.6 is 0 Å². The molecule has 1 heterocycles. The fraction of sp³-hybridized carbons (Fsp3) is 0.348. The third-order valence-corrected chi connectivity index (χ3v) is 5.53. The molecular weight excluding hydrogens is 433 g/mol. The van der Waals surface area contributed by atoms with Crippen LogP contribution < -0.4 is 10.2 Å². The lowest BCUT2D eigenvalue weighted by Gasteiger charge is -2.39. The zero-order valence-corrected chi connectivity index (χ0v) is 17.6. The van der Waals surface area contributed by atoms with Crippen molar-refractivity contribution in [2.75, 3.05) is 7.11 Å². The van der Waals surface area contributed by atoms with Crippen LogP contribution in [0.2, 0.25) is 0 Å². The maximum atomic E-state index is 14.2. The summed E-state index contributed by atoms with van der Waals surface area (Å²) in [5.74, 6) is -1.22. The smallest absolute Gasteiger partial charge is 0.418 e. The molecule has 0 aliphatic rings. The van der Waals surface area contributed by atoms with Gasteiger partial charge in [-0.25, -0.2) is 8.78 Å². The van der Waals surface area contributed by atoms with E-state index < -0.39 is 47.2 Å². The first-order valence-corrected chi connectivity index (χ1v) is 9.69. The summed E-state index contributed by atoms with van der Waals surface area (Å²) in [4.78, 5) is 12.1. The molecule has 1 N–H and O–H groups in total. The fourth-order valence-electron chi connectivity index (χ4n) is 3.98. The van der Waals surface area contributed by atoms with Gasteiger partial charge in [0.15, 0.2) is 11.0 Å². The van der Waals surface area contributed by atoms with Gasteiger partial charge in [-0.2, -0.15) is 13.2 Å². The molecule has 1 unspecified atom stereocenters. The second-order valence-electron chi connectivity index (χ2n) is 8.40. The Kier molecular flexibility index (Phi) is 6.08. The van der Waals surface area contributed by atoms with Crippen LogP contribution in [0.5, 0.6) is 5.75 Å². The van der Waals surface area contributed by atoms with Gasteiger partial charge in [-0.05, 0) is 48.2 Å². The van der Waals surface area contributed by atoms with E-state index in [2.05, 4.69) is 0 Å². The lowest BCUT2D eigenvalue weighted by atomic mass is 9.74. The van der Waals surface area contributed by atoms with Crippen LogP contribution in [-0.2, 0) is 12.0 Å². The molecule has 0 spiro atoms. The van der Waals surface area contributed by atoms with E-state index in [9.17, 15) is 31.9 Å². The number of hydrogen-bond donors (Lipinski definition) is 1. The molecule has 0 aliphatic heterocycles. The largest absolute Gasteiger partial charge is 0.496 e. The number of methoxy groups -OCH3 is 1. The average Bonchev–Trinajstić information content (AvgIpc) is 2.69. The second kappa shape index (κ2) is 8.20. The minimum atomic E-state index is -5.09. The summed E-state index contributed by atoms with van der Waals surface area (Å²) < 4.78 is 76.3. The zero-order valence-electron chi connectivity index (χ0n) is 17.6. The van der Waals surface area contributed by atoms with Gasteiger partial charge in [0, 0.05) is 23.2 Å².